The molecule has 0 saturated carbocycles. The normalized spacial score (nSPS) is 11.9. The molecule has 0 saturated heterocycles. The van der Waals surface area contributed by atoms with Gasteiger partial charge in [0.1, 0.15) is 5.69 Å². The highest BCUT2D eigenvalue weighted by atomic mass is 19.4. The summed E-state index contributed by atoms with van der Waals surface area (Å²) in [6.45, 7) is 0.918. The Bertz CT molecular complexity index is 499. The van der Waals surface area contributed by atoms with E-state index >= 15 is 0 Å². The average molecular weight is 270 g/mol. The van der Waals surface area contributed by atoms with Gasteiger partial charge in [-0.15, -0.1) is 0 Å². The highest BCUT2D eigenvalue weighted by molar-refractivity contribution is 5.92. The van der Waals surface area contributed by atoms with E-state index in [9.17, 15) is 26.7 Å². The van der Waals surface area contributed by atoms with E-state index in [2.05, 4.69) is 4.98 Å². The smallest absolute Gasteiger partial charge is 0.434 e. The number of nitrogen functional groups attached to an aromatic ring is 1. The van der Waals surface area contributed by atoms with E-state index in [1.165, 1.54) is 0 Å². The molecule has 0 fully saturated rings. The van der Waals surface area contributed by atoms with Crippen LogP contribution in [0.15, 0.2) is 0 Å². The first-order chi connectivity index (χ1) is 8.07. The molecule has 0 radical (unpaired) electrons. The minimum absolute atomic E-state index is 0.583. The van der Waals surface area contributed by atoms with Gasteiger partial charge in [-0.1, -0.05) is 0 Å². The van der Waals surface area contributed by atoms with Gasteiger partial charge in [-0.25, -0.2) is 18.6 Å². The monoisotopic (exact) mass is 270 g/mol. The fourth-order valence-corrected chi connectivity index (χ4v) is 1.37. The molecule has 0 amide bonds. The molecule has 0 aliphatic heterocycles. The number of hydrogen-bond acceptors (Lipinski definition) is 3. The van der Waals surface area contributed by atoms with Crippen molar-refractivity contribution in [2.75, 3.05) is 5.73 Å². The summed E-state index contributed by atoms with van der Waals surface area (Å²) in [5, 5.41) is 8.68. The summed E-state index contributed by atoms with van der Waals surface area (Å²) in [6, 6.07) is 0. The molecule has 9 heteroatoms. The number of pyridine rings is 1. The number of aromatic nitrogens is 1. The third kappa shape index (κ3) is 2.34. The topological polar surface area (TPSA) is 76.2 Å². The minimum Gasteiger partial charge on any atom is -0.478 e. The average Bonchev–Trinajstić information content (AvgIpc) is 2.18. The van der Waals surface area contributed by atoms with Gasteiger partial charge < -0.3 is 10.8 Å². The lowest BCUT2D eigenvalue weighted by Crippen LogP contribution is -2.20. The van der Waals surface area contributed by atoms with Gasteiger partial charge in [0, 0.05) is 0 Å². The molecule has 0 aliphatic carbocycles. The zero-order valence-corrected chi connectivity index (χ0v) is 8.85. The summed E-state index contributed by atoms with van der Waals surface area (Å²) in [5.41, 5.74) is -0.546. The molecule has 100 valence electrons. The SMILES string of the molecule is Cc1c(N)c(C(F)F)nc(C(F)(F)F)c1C(=O)O. The number of carboxylic acids is 1. The first-order valence-electron chi connectivity index (χ1n) is 4.46. The summed E-state index contributed by atoms with van der Waals surface area (Å²) in [7, 11) is 0. The zero-order chi connectivity index (χ0) is 14.2. The lowest BCUT2D eigenvalue weighted by molar-refractivity contribution is -0.142. The van der Waals surface area contributed by atoms with Crippen LogP contribution in [0.4, 0.5) is 27.6 Å². The molecule has 1 heterocycles. The summed E-state index contributed by atoms with van der Waals surface area (Å²) in [5.74, 6) is -1.93. The molecular weight excluding hydrogens is 263 g/mol. The van der Waals surface area contributed by atoms with Crippen molar-refractivity contribution < 1.29 is 31.9 Å². The number of rotatable bonds is 2. The van der Waals surface area contributed by atoms with Crippen molar-refractivity contribution >= 4 is 11.7 Å². The molecular formula is C9H7F5N2O2. The Balaban J connectivity index is 3.73. The Kier molecular flexibility index (Phi) is 3.45. The fraction of sp³-hybridized carbons (Fsp3) is 0.333. The van der Waals surface area contributed by atoms with Crippen LogP contribution in [0.2, 0.25) is 0 Å². The largest absolute Gasteiger partial charge is 0.478 e. The quantitative estimate of drug-likeness (QED) is 0.810. The molecule has 3 N–H and O–H groups in total. The Morgan fingerprint density at radius 2 is 1.89 bits per heavy atom. The van der Waals surface area contributed by atoms with Crippen LogP contribution in [-0.2, 0) is 6.18 Å². The van der Waals surface area contributed by atoms with Gasteiger partial charge in [-0.2, -0.15) is 13.2 Å². The van der Waals surface area contributed by atoms with E-state index in [0.717, 1.165) is 6.92 Å². The number of carboxylic acid groups (broad SMARTS) is 1. The molecule has 0 spiro atoms. The number of nitrogens with zero attached hydrogens (tertiary/aromatic N) is 1. The molecule has 0 aromatic carbocycles. The Morgan fingerprint density at radius 1 is 1.39 bits per heavy atom. The maximum absolute atomic E-state index is 12.6. The highest BCUT2D eigenvalue weighted by Gasteiger charge is 2.40. The van der Waals surface area contributed by atoms with Gasteiger partial charge in [0.25, 0.3) is 6.43 Å². The lowest BCUT2D eigenvalue weighted by Gasteiger charge is -2.16. The number of alkyl halides is 5. The highest BCUT2D eigenvalue weighted by Crippen LogP contribution is 2.37. The van der Waals surface area contributed by atoms with E-state index < -0.39 is 46.8 Å². The predicted molar refractivity (Wildman–Crippen MR) is 50.3 cm³/mol. The molecule has 0 aliphatic rings. The van der Waals surface area contributed by atoms with Gasteiger partial charge in [0.2, 0.25) is 0 Å². The van der Waals surface area contributed by atoms with Gasteiger partial charge in [0.15, 0.2) is 5.69 Å². The standard InChI is InChI=1S/C9H7F5N2O2/c1-2-3(8(17)18)6(9(12,13)14)16-5(4(2)15)7(10)11/h7H,15H2,1H3,(H,17,18). The Labute approximate surface area is 97.2 Å². The maximum atomic E-state index is 12.6. The fourth-order valence-electron chi connectivity index (χ4n) is 1.37. The van der Waals surface area contributed by atoms with E-state index in [0.29, 0.717) is 0 Å². The molecule has 4 nitrogen and oxygen atoms in total. The molecule has 1 rings (SSSR count). The van der Waals surface area contributed by atoms with Gasteiger partial charge in [0.05, 0.1) is 11.3 Å². The van der Waals surface area contributed by atoms with Gasteiger partial charge in [-0.05, 0) is 12.5 Å². The first kappa shape index (κ1) is 14.1. The van der Waals surface area contributed by atoms with E-state index in [-0.39, 0.29) is 0 Å². The number of hydrogen-bond donors (Lipinski definition) is 2. The van der Waals surface area contributed by atoms with Crippen molar-refractivity contribution in [1.82, 2.24) is 4.98 Å². The first-order valence-corrected chi connectivity index (χ1v) is 4.46. The molecule has 0 unspecified atom stereocenters. The lowest BCUT2D eigenvalue weighted by atomic mass is 10.0. The van der Waals surface area contributed by atoms with Crippen LogP contribution in [-0.4, -0.2) is 16.1 Å². The third-order valence-corrected chi connectivity index (χ3v) is 2.21. The number of anilines is 1. The number of nitrogens with two attached hydrogens (primary N) is 1. The van der Waals surface area contributed by atoms with Crippen LogP contribution in [0.3, 0.4) is 0 Å². The van der Waals surface area contributed by atoms with Crippen molar-refractivity contribution in [2.45, 2.75) is 19.5 Å². The molecule has 1 aromatic heterocycles. The molecule has 0 bridgehead atoms. The predicted octanol–water partition coefficient (Wildman–Crippen LogP) is 2.63. The van der Waals surface area contributed by atoms with Crippen LogP contribution in [0.25, 0.3) is 0 Å². The van der Waals surface area contributed by atoms with Crippen molar-refractivity contribution in [3.05, 3.63) is 22.5 Å². The Morgan fingerprint density at radius 3 is 2.22 bits per heavy atom. The van der Waals surface area contributed by atoms with Crippen LogP contribution in [0.1, 0.15) is 33.7 Å². The second-order valence-corrected chi connectivity index (χ2v) is 3.36. The van der Waals surface area contributed by atoms with Crippen molar-refractivity contribution in [1.29, 1.82) is 0 Å². The number of halogens is 5. The zero-order valence-electron chi connectivity index (χ0n) is 8.85. The molecule has 0 atom stereocenters. The minimum atomic E-state index is -5.16. The maximum Gasteiger partial charge on any atom is 0.434 e. The van der Waals surface area contributed by atoms with Gasteiger partial charge in [-0.3, -0.25) is 0 Å². The van der Waals surface area contributed by atoms with E-state index in [4.69, 9.17) is 10.8 Å². The van der Waals surface area contributed by atoms with Crippen molar-refractivity contribution in [2.24, 2.45) is 0 Å². The third-order valence-electron chi connectivity index (χ3n) is 2.21. The van der Waals surface area contributed by atoms with Crippen LogP contribution in [0, 0.1) is 6.92 Å². The molecule has 1 aromatic rings. The number of carbonyl (C=O) groups is 1. The molecule has 18 heavy (non-hydrogen) atoms. The summed E-state index contributed by atoms with van der Waals surface area (Å²) in [4.78, 5) is 13.4. The van der Waals surface area contributed by atoms with Crippen molar-refractivity contribution in [3.63, 3.8) is 0 Å². The van der Waals surface area contributed by atoms with Crippen molar-refractivity contribution in [3.8, 4) is 0 Å². The van der Waals surface area contributed by atoms with Crippen LogP contribution in [0.5, 0.6) is 0 Å². The summed E-state index contributed by atoms with van der Waals surface area (Å²) < 4.78 is 62.6. The second-order valence-electron chi connectivity index (χ2n) is 3.36. The van der Waals surface area contributed by atoms with Crippen LogP contribution >= 0.6 is 0 Å². The summed E-state index contributed by atoms with van der Waals surface area (Å²) >= 11 is 0. The Hall–Kier alpha value is -1.93. The van der Waals surface area contributed by atoms with Crippen LogP contribution < -0.4 is 5.73 Å². The van der Waals surface area contributed by atoms with E-state index in [1.54, 1.807) is 0 Å². The second kappa shape index (κ2) is 4.39. The summed E-state index contributed by atoms with van der Waals surface area (Å²) in [6.07, 6.45) is -8.48. The number of aromatic carboxylic acids is 1. The van der Waals surface area contributed by atoms with E-state index in [1.807, 2.05) is 0 Å². The van der Waals surface area contributed by atoms with Gasteiger partial charge >= 0.3 is 12.1 Å².